The van der Waals surface area contributed by atoms with Crippen LogP contribution in [0.5, 0.6) is 0 Å². The molecule has 2 unspecified atom stereocenters. The highest BCUT2D eigenvalue weighted by molar-refractivity contribution is 9.10. The average molecular weight is 355 g/mol. The Morgan fingerprint density at radius 3 is 2.81 bits per heavy atom. The van der Waals surface area contributed by atoms with Gasteiger partial charge in [0.1, 0.15) is 0 Å². The molecular weight excluding hydrogens is 336 g/mol. The van der Waals surface area contributed by atoms with Crippen LogP contribution in [0, 0.1) is 5.92 Å². The van der Waals surface area contributed by atoms with Gasteiger partial charge in [-0.15, -0.1) is 0 Å². The van der Waals surface area contributed by atoms with Gasteiger partial charge in [0, 0.05) is 10.5 Å². The Morgan fingerprint density at radius 2 is 2.14 bits per heavy atom. The highest BCUT2D eigenvalue weighted by Gasteiger charge is 2.31. The molecule has 1 aliphatic heterocycles. The summed E-state index contributed by atoms with van der Waals surface area (Å²) in [7, 11) is 0. The Labute approximate surface area is 132 Å². The Balaban J connectivity index is 1.93. The molecule has 21 heavy (non-hydrogen) atoms. The second kappa shape index (κ2) is 7.15. The van der Waals surface area contributed by atoms with E-state index in [0.29, 0.717) is 16.0 Å². The van der Waals surface area contributed by atoms with Gasteiger partial charge in [0.15, 0.2) is 0 Å². The number of rotatable bonds is 4. The van der Waals surface area contributed by atoms with Crippen LogP contribution in [0.1, 0.15) is 23.7 Å². The van der Waals surface area contributed by atoms with Crippen molar-refractivity contribution >= 4 is 27.7 Å². The number of carbonyl (C=O) groups excluding carboxylic acids is 2. The molecule has 0 saturated carbocycles. The molecule has 2 amide bonds. The van der Waals surface area contributed by atoms with E-state index in [1.165, 1.54) is 0 Å². The molecule has 0 bridgehead atoms. The number of nitrogens with one attached hydrogen (secondary N) is 1. The number of halogens is 1. The highest BCUT2D eigenvalue weighted by atomic mass is 79.9. The van der Waals surface area contributed by atoms with Gasteiger partial charge in [0.05, 0.1) is 18.7 Å². The lowest BCUT2D eigenvalue weighted by atomic mass is 10.0. The minimum Gasteiger partial charge on any atom is -0.395 e. The van der Waals surface area contributed by atoms with Crippen LogP contribution in [-0.2, 0) is 4.79 Å². The maximum absolute atomic E-state index is 12.0. The molecule has 1 fully saturated rings. The molecule has 1 heterocycles. The van der Waals surface area contributed by atoms with E-state index >= 15 is 0 Å². The summed E-state index contributed by atoms with van der Waals surface area (Å²) >= 11 is 3.29. The first kappa shape index (κ1) is 16.1. The smallest absolute Gasteiger partial charge is 0.259 e. The van der Waals surface area contributed by atoms with Crippen LogP contribution in [0.4, 0.5) is 0 Å². The second-order valence-electron chi connectivity index (χ2n) is 5.34. The first-order chi connectivity index (χ1) is 10.0. The van der Waals surface area contributed by atoms with Crippen molar-refractivity contribution in [1.82, 2.24) is 10.2 Å². The van der Waals surface area contributed by atoms with E-state index in [2.05, 4.69) is 28.2 Å². The fourth-order valence-electron chi connectivity index (χ4n) is 2.64. The van der Waals surface area contributed by atoms with E-state index in [-0.39, 0.29) is 25.1 Å². The predicted molar refractivity (Wildman–Crippen MR) is 82.8 cm³/mol. The average Bonchev–Trinajstić information content (AvgIpc) is 2.79. The summed E-state index contributed by atoms with van der Waals surface area (Å²) in [4.78, 5) is 26.0. The fraction of sp³-hybridized carbons (Fsp3) is 0.467. The highest BCUT2D eigenvalue weighted by Crippen LogP contribution is 2.22. The number of likely N-dealkylation sites (tertiary alicyclic amines) is 1. The third-order valence-corrected chi connectivity index (χ3v) is 4.59. The van der Waals surface area contributed by atoms with Gasteiger partial charge < -0.3 is 5.11 Å². The Hall–Kier alpha value is -1.24. The van der Waals surface area contributed by atoms with Crippen molar-refractivity contribution < 1.29 is 14.7 Å². The van der Waals surface area contributed by atoms with Gasteiger partial charge in [0.2, 0.25) is 5.91 Å². The molecular formula is C15H19BrN2O3. The molecule has 2 atom stereocenters. The van der Waals surface area contributed by atoms with Gasteiger partial charge >= 0.3 is 0 Å². The number of benzene rings is 1. The molecule has 0 aliphatic carbocycles. The number of nitrogens with zero attached hydrogens (tertiary/aromatic N) is 1. The molecule has 5 nitrogen and oxygen atoms in total. The van der Waals surface area contributed by atoms with Crippen LogP contribution < -0.4 is 5.32 Å². The maximum atomic E-state index is 12.0. The van der Waals surface area contributed by atoms with Gasteiger partial charge in [-0.05, 0) is 46.9 Å². The minimum atomic E-state index is -0.416. The number of imide groups is 1. The number of hydrogen-bond donors (Lipinski definition) is 2. The molecule has 114 valence electrons. The van der Waals surface area contributed by atoms with Crippen LogP contribution in [-0.4, -0.2) is 47.6 Å². The lowest BCUT2D eigenvalue weighted by molar-refractivity contribution is -0.121. The van der Waals surface area contributed by atoms with Crippen LogP contribution in [0.25, 0.3) is 0 Å². The molecule has 2 N–H and O–H groups in total. The molecule has 0 spiro atoms. The van der Waals surface area contributed by atoms with Crippen molar-refractivity contribution in [3.8, 4) is 0 Å². The summed E-state index contributed by atoms with van der Waals surface area (Å²) in [5, 5.41) is 11.8. The SMILES string of the molecule is CC1CCN(CC(=O)NC(=O)c2ccccc2Br)C1CO. The molecule has 1 aliphatic rings. The third kappa shape index (κ3) is 3.90. The molecule has 0 radical (unpaired) electrons. The lowest BCUT2D eigenvalue weighted by Gasteiger charge is -2.24. The predicted octanol–water partition coefficient (Wildman–Crippen LogP) is 1.41. The summed E-state index contributed by atoms with van der Waals surface area (Å²) in [6.07, 6.45) is 0.955. The van der Waals surface area contributed by atoms with Crippen LogP contribution in [0.2, 0.25) is 0 Å². The summed E-state index contributed by atoms with van der Waals surface area (Å²) in [6, 6.07) is 6.95. The van der Waals surface area contributed by atoms with Crippen LogP contribution in [0.3, 0.4) is 0 Å². The maximum Gasteiger partial charge on any atom is 0.259 e. The molecule has 2 rings (SSSR count). The molecule has 6 heteroatoms. The number of hydrogen-bond acceptors (Lipinski definition) is 4. The zero-order valence-corrected chi connectivity index (χ0v) is 13.5. The Morgan fingerprint density at radius 1 is 1.43 bits per heavy atom. The summed E-state index contributed by atoms with van der Waals surface area (Å²) < 4.78 is 0.651. The van der Waals surface area contributed by atoms with Crippen LogP contribution >= 0.6 is 15.9 Å². The molecule has 1 saturated heterocycles. The monoisotopic (exact) mass is 354 g/mol. The van der Waals surface area contributed by atoms with Gasteiger partial charge in [-0.1, -0.05) is 19.1 Å². The zero-order chi connectivity index (χ0) is 15.4. The van der Waals surface area contributed by atoms with Crippen molar-refractivity contribution in [2.24, 2.45) is 5.92 Å². The van der Waals surface area contributed by atoms with E-state index in [9.17, 15) is 14.7 Å². The standard InChI is InChI=1S/C15H19BrN2O3/c1-10-6-7-18(13(10)9-19)8-14(20)17-15(21)11-4-2-3-5-12(11)16/h2-5,10,13,19H,6-9H2,1H3,(H,17,20,21). The van der Waals surface area contributed by atoms with Crippen molar-refractivity contribution in [2.75, 3.05) is 19.7 Å². The first-order valence-corrected chi connectivity index (χ1v) is 7.76. The van der Waals surface area contributed by atoms with Gasteiger partial charge in [-0.25, -0.2) is 0 Å². The largest absolute Gasteiger partial charge is 0.395 e. The summed E-state index contributed by atoms with van der Waals surface area (Å²) in [5.74, 6) is -0.398. The number of aliphatic hydroxyl groups excluding tert-OH is 1. The van der Waals surface area contributed by atoms with Crippen molar-refractivity contribution in [2.45, 2.75) is 19.4 Å². The Kier molecular flexibility index (Phi) is 5.50. The van der Waals surface area contributed by atoms with E-state index < -0.39 is 5.91 Å². The fourth-order valence-corrected chi connectivity index (χ4v) is 3.11. The second-order valence-corrected chi connectivity index (χ2v) is 6.20. The lowest BCUT2D eigenvalue weighted by Crippen LogP contribution is -2.44. The first-order valence-electron chi connectivity index (χ1n) is 6.96. The third-order valence-electron chi connectivity index (χ3n) is 3.90. The van der Waals surface area contributed by atoms with E-state index in [1.54, 1.807) is 24.3 Å². The molecule has 1 aromatic rings. The van der Waals surface area contributed by atoms with Crippen molar-refractivity contribution in [3.05, 3.63) is 34.3 Å². The quantitative estimate of drug-likeness (QED) is 0.857. The van der Waals surface area contributed by atoms with E-state index in [1.807, 2.05) is 4.90 Å². The number of amides is 2. The number of aliphatic hydroxyl groups is 1. The normalized spacial score (nSPS) is 22.2. The van der Waals surface area contributed by atoms with Gasteiger partial charge in [0.25, 0.3) is 5.91 Å². The van der Waals surface area contributed by atoms with E-state index in [0.717, 1.165) is 13.0 Å². The topological polar surface area (TPSA) is 69.6 Å². The summed E-state index contributed by atoms with van der Waals surface area (Å²) in [5.41, 5.74) is 0.430. The molecule has 0 aromatic heterocycles. The van der Waals surface area contributed by atoms with Gasteiger partial charge in [-0.3, -0.25) is 19.8 Å². The number of carbonyl (C=O) groups is 2. The minimum absolute atomic E-state index is 0.00527. The van der Waals surface area contributed by atoms with Gasteiger partial charge in [-0.2, -0.15) is 0 Å². The van der Waals surface area contributed by atoms with Crippen LogP contribution in [0.15, 0.2) is 28.7 Å². The summed E-state index contributed by atoms with van der Waals surface area (Å²) in [6.45, 7) is 2.99. The van der Waals surface area contributed by atoms with Crippen molar-refractivity contribution in [1.29, 1.82) is 0 Å². The molecule has 1 aromatic carbocycles. The zero-order valence-electron chi connectivity index (χ0n) is 11.9. The Bertz CT molecular complexity index is 535. The van der Waals surface area contributed by atoms with E-state index in [4.69, 9.17) is 0 Å². The van der Waals surface area contributed by atoms with Crippen molar-refractivity contribution in [3.63, 3.8) is 0 Å².